The maximum absolute atomic E-state index is 4.37. The van der Waals surface area contributed by atoms with Crippen LogP contribution in [0.25, 0.3) is 10.9 Å². The van der Waals surface area contributed by atoms with Crippen molar-refractivity contribution in [3.8, 4) is 0 Å². The van der Waals surface area contributed by atoms with E-state index in [2.05, 4.69) is 34.8 Å². The van der Waals surface area contributed by atoms with Crippen molar-refractivity contribution in [2.45, 2.75) is 31.7 Å². The molecule has 0 radical (unpaired) electrons. The van der Waals surface area contributed by atoms with Crippen LogP contribution < -0.4 is 5.32 Å². The predicted octanol–water partition coefficient (Wildman–Crippen LogP) is 2.93. The smallest absolute Gasteiger partial charge is 0.0924 e. The van der Waals surface area contributed by atoms with E-state index in [1.807, 2.05) is 11.7 Å². The molecule has 16 heavy (non-hydrogen) atoms. The Kier molecular flexibility index (Phi) is 2.31. The van der Waals surface area contributed by atoms with Gasteiger partial charge in [-0.3, -0.25) is 4.68 Å². The summed E-state index contributed by atoms with van der Waals surface area (Å²) in [6.07, 6.45) is 7.42. The van der Waals surface area contributed by atoms with Gasteiger partial charge in [0.15, 0.2) is 0 Å². The number of hydrogen-bond acceptors (Lipinski definition) is 2. The molecule has 1 aromatic carbocycles. The molecule has 3 nitrogen and oxygen atoms in total. The lowest BCUT2D eigenvalue weighted by Gasteiger charge is -2.13. The fraction of sp³-hybridized carbons (Fsp3) is 0.462. The van der Waals surface area contributed by atoms with Crippen LogP contribution in [-0.4, -0.2) is 15.8 Å². The molecule has 0 amide bonds. The molecule has 1 aliphatic rings. The number of hydrogen-bond donors (Lipinski definition) is 1. The summed E-state index contributed by atoms with van der Waals surface area (Å²) in [6, 6.07) is 7.09. The zero-order valence-corrected chi connectivity index (χ0v) is 9.61. The maximum Gasteiger partial charge on any atom is 0.0924 e. The first kappa shape index (κ1) is 9.70. The number of rotatable bonds is 2. The van der Waals surface area contributed by atoms with Gasteiger partial charge in [-0.1, -0.05) is 12.8 Å². The molecule has 0 unspecified atom stereocenters. The second-order valence-electron chi connectivity index (χ2n) is 4.70. The Morgan fingerprint density at radius 3 is 2.94 bits per heavy atom. The number of aryl methyl sites for hydroxylation is 1. The molecule has 1 aromatic heterocycles. The number of fused-ring (bicyclic) bond motifs is 1. The van der Waals surface area contributed by atoms with Crippen molar-refractivity contribution in [1.29, 1.82) is 0 Å². The van der Waals surface area contributed by atoms with Gasteiger partial charge in [0.05, 0.1) is 5.52 Å². The van der Waals surface area contributed by atoms with E-state index in [1.54, 1.807) is 0 Å². The summed E-state index contributed by atoms with van der Waals surface area (Å²) in [5, 5.41) is 9.19. The lowest BCUT2D eigenvalue weighted by Crippen LogP contribution is -2.14. The summed E-state index contributed by atoms with van der Waals surface area (Å²) in [7, 11) is 1.96. The van der Waals surface area contributed by atoms with Crippen LogP contribution in [0.1, 0.15) is 25.7 Å². The van der Waals surface area contributed by atoms with Crippen LogP contribution in [-0.2, 0) is 7.05 Å². The van der Waals surface area contributed by atoms with Gasteiger partial charge in [-0.2, -0.15) is 5.10 Å². The first-order valence-electron chi connectivity index (χ1n) is 6.01. The molecule has 0 bridgehead atoms. The number of nitrogens with zero attached hydrogens (tertiary/aromatic N) is 2. The third-order valence-electron chi connectivity index (χ3n) is 3.34. The minimum atomic E-state index is 0.675. The zero-order valence-electron chi connectivity index (χ0n) is 9.61. The molecule has 1 heterocycles. The highest BCUT2D eigenvalue weighted by Crippen LogP contribution is 2.24. The van der Waals surface area contributed by atoms with E-state index < -0.39 is 0 Å². The van der Waals surface area contributed by atoms with Crippen LogP contribution in [0.4, 0.5) is 5.69 Å². The maximum atomic E-state index is 4.37. The van der Waals surface area contributed by atoms with Gasteiger partial charge in [0.25, 0.3) is 0 Å². The SMILES string of the molecule is Cn1cc2cc(NC3CCCC3)ccc2n1. The highest BCUT2D eigenvalue weighted by atomic mass is 15.2. The monoisotopic (exact) mass is 215 g/mol. The van der Waals surface area contributed by atoms with Crippen LogP contribution in [0.5, 0.6) is 0 Å². The van der Waals surface area contributed by atoms with Crippen molar-refractivity contribution < 1.29 is 0 Å². The normalized spacial score (nSPS) is 17.1. The molecule has 0 atom stereocenters. The van der Waals surface area contributed by atoms with Crippen LogP contribution in [0.15, 0.2) is 24.4 Å². The summed E-state index contributed by atoms with van der Waals surface area (Å²) in [6.45, 7) is 0. The van der Waals surface area contributed by atoms with Crippen LogP contribution in [0.2, 0.25) is 0 Å². The van der Waals surface area contributed by atoms with Crippen LogP contribution >= 0.6 is 0 Å². The molecule has 0 spiro atoms. The van der Waals surface area contributed by atoms with Crippen molar-refractivity contribution >= 4 is 16.6 Å². The van der Waals surface area contributed by atoms with E-state index in [0.29, 0.717) is 6.04 Å². The van der Waals surface area contributed by atoms with E-state index >= 15 is 0 Å². The summed E-state index contributed by atoms with van der Waals surface area (Å²) in [4.78, 5) is 0. The first-order chi connectivity index (χ1) is 7.81. The molecule has 1 aliphatic carbocycles. The van der Waals surface area contributed by atoms with Crippen molar-refractivity contribution in [2.24, 2.45) is 7.05 Å². The minimum Gasteiger partial charge on any atom is -0.382 e. The summed E-state index contributed by atoms with van der Waals surface area (Å²) < 4.78 is 1.87. The molecule has 1 N–H and O–H groups in total. The third kappa shape index (κ3) is 1.77. The molecule has 3 heteroatoms. The Bertz CT molecular complexity index is 495. The van der Waals surface area contributed by atoms with Crippen molar-refractivity contribution in [3.63, 3.8) is 0 Å². The number of aromatic nitrogens is 2. The van der Waals surface area contributed by atoms with Gasteiger partial charge in [-0.15, -0.1) is 0 Å². The fourth-order valence-electron chi connectivity index (χ4n) is 2.54. The second kappa shape index (κ2) is 3.81. The minimum absolute atomic E-state index is 0.675. The number of nitrogens with one attached hydrogen (secondary N) is 1. The van der Waals surface area contributed by atoms with Gasteiger partial charge in [-0.05, 0) is 31.0 Å². The van der Waals surface area contributed by atoms with Gasteiger partial charge in [-0.25, -0.2) is 0 Å². The third-order valence-corrected chi connectivity index (χ3v) is 3.34. The van der Waals surface area contributed by atoms with E-state index in [9.17, 15) is 0 Å². The Morgan fingerprint density at radius 2 is 2.12 bits per heavy atom. The fourth-order valence-corrected chi connectivity index (χ4v) is 2.54. The van der Waals surface area contributed by atoms with Crippen molar-refractivity contribution in [3.05, 3.63) is 24.4 Å². The quantitative estimate of drug-likeness (QED) is 0.834. The van der Waals surface area contributed by atoms with E-state index in [0.717, 1.165) is 5.52 Å². The molecule has 84 valence electrons. The van der Waals surface area contributed by atoms with Gasteiger partial charge >= 0.3 is 0 Å². The van der Waals surface area contributed by atoms with E-state index in [-0.39, 0.29) is 0 Å². The van der Waals surface area contributed by atoms with Gasteiger partial charge < -0.3 is 5.32 Å². The lowest BCUT2D eigenvalue weighted by molar-refractivity contribution is 0.756. The summed E-state index contributed by atoms with van der Waals surface area (Å²) in [5.74, 6) is 0. The molecular weight excluding hydrogens is 198 g/mol. The average Bonchev–Trinajstić information content (AvgIpc) is 2.85. The van der Waals surface area contributed by atoms with E-state index in [4.69, 9.17) is 0 Å². The first-order valence-corrected chi connectivity index (χ1v) is 6.01. The number of anilines is 1. The number of benzene rings is 1. The highest BCUT2D eigenvalue weighted by molar-refractivity contribution is 5.82. The van der Waals surface area contributed by atoms with Crippen LogP contribution in [0.3, 0.4) is 0 Å². The molecule has 0 aliphatic heterocycles. The second-order valence-corrected chi connectivity index (χ2v) is 4.70. The molecule has 3 rings (SSSR count). The van der Waals surface area contributed by atoms with Gasteiger partial charge in [0.2, 0.25) is 0 Å². The topological polar surface area (TPSA) is 29.9 Å². The summed E-state index contributed by atoms with van der Waals surface area (Å²) in [5.41, 5.74) is 2.30. The zero-order chi connectivity index (χ0) is 11.0. The standard InChI is InChI=1S/C13H17N3/c1-16-9-10-8-12(6-7-13(10)15-16)14-11-4-2-3-5-11/h6-9,11,14H,2-5H2,1H3. The summed E-state index contributed by atoms with van der Waals surface area (Å²) >= 11 is 0. The Morgan fingerprint density at radius 1 is 1.31 bits per heavy atom. The van der Waals surface area contributed by atoms with Crippen LogP contribution in [0, 0.1) is 0 Å². The predicted molar refractivity (Wildman–Crippen MR) is 66.6 cm³/mol. The van der Waals surface area contributed by atoms with Crippen molar-refractivity contribution in [2.75, 3.05) is 5.32 Å². The lowest BCUT2D eigenvalue weighted by atomic mass is 10.2. The molecular formula is C13H17N3. The average molecular weight is 215 g/mol. The molecule has 2 aromatic rings. The Balaban J connectivity index is 1.86. The van der Waals surface area contributed by atoms with Crippen molar-refractivity contribution in [1.82, 2.24) is 9.78 Å². The van der Waals surface area contributed by atoms with Gasteiger partial charge in [0, 0.05) is 30.4 Å². The molecule has 1 fully saturated rings. The highest BCUT2D eigenvalue weighted by Gasteiger charge is 2.14. The molecule has 1 saturated carbocycles. The largest absolute Gasteiger partial charge is 0.382 e. The Hall–Kier alpha value is -1.51. The Labute approximate surface area is 95.5 Å². The molecule has 0 saturated heterocycles. The van der Waals surface area contributed by atoms with Gasteiger partial charge in [0.1, 0.15) is 0 Å². The van der Waals surface area contributed by atoms with E-state index in [1.165, 1.54) is 36.8 Å².